The summed E-state index contributed by atoms with van der Waals surface area (Å²) in [6.07, 6.45) is 1.58. The fourth-order valence-corrected chi connectivity index (χ4v) is 3.45. The molecule has 31 heavy (non-hydrogen) atoms. The van der Waals surface area contributed by atoms with Crippen molar-refractivity contribution in [2.75, 3.05) is 5.32 Å². The van der Waals surface area contributed by atoms with E-state index in [1.807, 2.05) is 49.4 Å². The summed E-state index contributed by atoms with van der Waals surface area (Å²) in [5.41, 5.74) is 4.00. The average Bonchev–Trinajstić information content (AvgIpc) is 2.79. The Morgan fingerprint density at radius 3 is 2.58 bits per heavy atom. The molecule has 1 atom stereocenters. The molecule has 4 aromatic rings. The Bertz CT molecular complexity index is 1350. The summed E-state index contributed by atoms with van der Waals surface area (Å²) in [7, 11) is 0. The van der Waals surface area contributed by atoms with Crippen LogP contribution in [0.5, 0.6) is 0 Å². The molecule has 6 heteroatoms. The standard InChI is InChI=1S/C25H20N4O2/c1-16(18-5-7-19(8-6-18)20-4-2-3-17(13-20)15-26)28-25(31)29-22-9-10-23-21(14-22)11-12-27-24(23)30/h2-14,16H,1H3,(H,27,30)(H2,28,29,31). The molecule has 4 rings (SSSR count). The second-order valence-electron chi connectivity index (χ2n) is 7.24. The van der Waals surface area contributed by atoms with Gasteiger partial charge in [-0.05, 0) is 65.4 Å². The first-order valence-electron chi connectivity index (χ1n) is 9.83. The Hall–Kier alpha value is -4.37. The second-order valence-corrected chi connectivity index (χ2v) is 7.24. The van der Waals surface area contributed by atoms with E-state index in [0.29, 0.717) is 16.6 Å². The summed E-state index contributed by atoms with van der Waals surface area (Å²) in [6, 6.07) is 23.9. The van der Waals surface area contributed by atoms with Crippen LogP contribution in [0.25, 0.3) is 21.9 Å². The van der Waals surface area contributed by atoms with Gasteiger partial charge in [-0.3, -0.25) is 4.79 Å². The lowest BCUT2D eigenvalue weighted by Crippen LogP contribution is -2.31. The number of nitrogens with zero attached hydrogens (tertiary/aromatic N) is 1. The first-order valence-corrected chi connectivity index (χ1v) is 9.83. The normalized spacial score (nSPS) is 11.5. The van der Waals surface area contributed by atoms with Crippen LogP contribution >= 0.6 is 0 Å². The quantitative estimate of drug-likeness (QED) is 0.446. The van der Waals surface area contributed by atoms with Gasteiger partial charge >= 0.3 is 6.03 Å². The van der Waals surface area contributed by atoms with E-state index < -0.39 is 0 Å². The summed E-state index contributed by atoms with van der Waals surface area (Å²) < 4.78 is 0. The molecule has 0 bridgehead atoms. The number of nitrogens with one attached hydrogen (secondary N) is 3. The minimum absolute atomic E-state index is 0.162. The van der Waals surface area contributed by atoms with Crippen molar-refractivity contribution in [1.29, 1.82) is 5.26 Å². The molecule has 0 aliphatic heterocycles. The van der Waals surface area contributed by atoms with Gasteiger partial charge in [0.1, 0.15) is 0 Å². The highest BCUT2D eigenvalue weighted by molar-refractivity contribution is 5.93. The first-order chi connectivity index (χ1) is 15.0. The van der Waals surface area contributed by atoms with Gasteiger partial charge in [-0.25, -0.2) is 4.79 Å². The maximum atomic E-state index is 12.4. The van der Waals surface area contributed by atoms with E-state index in [1.54, 1.807) is 36.5 Å². The third-order valence-corrected chi connectivity index (χ3v) is 5.11. The molecule has 0 fully saturated rings. The van der Waals surface area contributed by atoms with Gasteiger partial charge < -0.3 is 15.6 Å². The van der Waals surface area contributed by atoms with Crippen LogP contribution in [-0.2, 0) is 0 Å². The molecule has 0 saturated heterocycles. The van der Waals surface area contributed by atoms with Crippen molar-refractivity contribution in [3.05, 3.63) is 100 Å². The lowest BCUT2D eigenvalue weighted by atomic mass is 10.00. The zero-order valence-corrected chi connectivity index (χ0v) is 16.8. The first kappa shape index (κ1) is 19.9. The predicted molar refractivity (Wildman–Crippen MR) is 122 cm³/mol. The molecule has 1 heterocycles. The van der Waals surface area contributed by atoms with E-state index in [4.69, 9.17) is 5.26 Å². The van der Waals surface area contributed by atoms with Gasteiger partial charge in [-0.15, -0.1) is 0 Å². The number of fused-ring (bicyclic) bond motifs is 1. The van der Waals surface area contributed by atoms with Crippen molar-refractivity contribution in [2.24, 2.45) is 0 Å². The molecule has 152 valence electrons. The van der Waals surface area contributed by atoms with Gasteiger partial charge in [0.05, 0.1) is 17.7 Å². The molecule has 1 unspecified atom stereocenters. The Kier molecular flexibility index (Phi) is 5.50. The highest BCUT2D eigenvalue weighted by Crippen LogP contribution is 2.23. The number of aromatic nitrogens is 1. The fourth-order valence-electron chi connectivity index (χ4n) is 3.45. The van der Waals surface area contributed by atoms with Gasteiger partial charge in [-0.1, -0.05) is 36.4 Å². The van der Waals surface area contributed by atoms with Crippen LogP contribution in [0.2, 0.25) is 0 Å². The second kappa shape index (κ2) is 8.56. The number of pyridine rings is 1. The topological polar surface area (TPSA) is 97.8 Å². The Morgan fingerprint density at radius 2 is 1.81 bits per heavy atom. The molecule has 0 radical (unpaired) electrons. The number of hydrogen-bond acceptors (Lipinski definition) is 3. The van der Waals surface area contributed by atoms with Crippen LogP contribution in [0.1, 0.15) is 24.1 Å². The van der Waals surface area contributed by atoms with E-state index in [2.05, 4.69) is 21.7 Å². The maximum absolute atomic E-state index is 12.4. The zero-order chi connectivity index (χ0) is 21.8. The van der Waals surface area contributed by atoms with Gasteiger partial charge in [0, 0.05) is 17.3 Å². The number of H-pyrrole nitrogens is 1. The summed E-state index contributed by atoms with van der Waals surface area (Å²) in [4.78, 5) is 26.9. The molecule has 0 aliphatic rings. The minimum Gasteiger partial charge on any atom is -0.331 e. The van der Waals surface area contributed by atoms with E-state index >= 15 is 0 Å². The van der Waals surface area contributed by atoms with Gasteiger partial charge in [0.25, 0.3) is 5.56 Å². The number of urea groups is 1. The zero-order valence-electron chi connectivity index (χ0n) is 16.8. The van der Waals surface area contributed by atoms with E-state index in [9.17, 15) is 9.59 Å². The number of rotatable bonds is 4. The van der Waals surface area contributed by atoms with Crippen LogP contribution in [-0.4, -0.2) is 11.0 Å². The summed E-state index contributed by atoms with van der Waals surface area (Å²) in [6.45, 7) is 1.91. The fraction of sp³-hybridized carbons (Fsp3) is 0.0800. The largest absolute Gasteiger partial charge is 0.331 e. The number of benzene rings is 3. The number of aromatic amines is 1. The Balaban J connectivity index is 1.43. The van der Waals surface area contributed by atoms with Gasteiger partial charge in [0.15, 0.2) is 0 Å². The monoisotopic (exact) mass is 408 g/mol. The number of carbonyl (C=O) groups excluding carboxylic acids is 1. The van der Waals surface area contributed by atoms with Crippen molar-refractivity contribution >= 4 is 22.5 Å². The molecule has 0 spiro atoms. The predicted octanol–water partition coefficient (Wildman–Crippen LogP) is 4.95. The summed E-state index contributed by atoms with van der Waals surface area (Å²) in [5.74, 6) is 0. The average molecular weight is 408 g/mol. The van der Waals surface area contributed by atoms with Crippen LogP contribution in [0.3, 0.4) is 0 Å². The smallest absolute Gasteiger partial charge is 0.319 e. The SMILES string of the molecule is CC(NC(=O)Nc1ccc2c(=O)[nH]ccc2c1)c1ccc(-c2cccc(C#N)c2)cc1. The molecule has 1 aromatic heterocycles. The highest BCUT2D eigenvalue weighted by atomic mass is 16.2. The van der Waals surface area contributed by atoms with Crippen LogP contribution < -0.4 is 16.2 Å². The third-order valence-electron chi connectivity index (χ3n) is 5.11. The number of carbonyl (C=O) groups is 1. The highest BCUT2D eigenvalue weighted by Gasteiger charge is 2.11. The Morgan fingerprint density at radius 1 is 1.00 bits per heavy atom. The van der Waals surface area contributed by atoms with Crippen LogP contribution in [0, 0.1) is 11.3 Å². The van der Waals surface area contributed by atoms with Gasteiger partial charge in [-0.2, -0.15) is 5.26 Å². The van der Waals surface area contributed by atoms with E-state index in [-0.39, 0.29) is 17.6 Å². The maximum Gasteiger partial charge on any atom is 0.319 e. The van der Waals surface area contributed by atoms with Crippen molar-refractivity contribution in [3.8, 4) is 17.2 Å². The molecular weight excluding hydrogens is 388 g/mol. The molecule has 0 saturated carbocycles. The molecule has 3 N–H and O–H groups in total. The number of hydrogen-bond donors (Lipinski definition) is 3. The van der Waals surface area contributed by atoms with Crippen LogP contribution in [0.15, 0.2) is 83.8 Å². The summed E-state index contributed by atoms with van der Waals surface area (Å²) in [5, 5.41) is 16.1. The van der Waals surface area contributed by atoms with Gasteiger partial charge in [0.2, 0.25) is 0 Å². The number of anilines is 1. The number of amides is 2. The number of nitriles is 1. The van der Waals surface area contributed by atoms with E-state index in [1.165, 1.54) is 0 Å². The lowest BCUT2D eigenvalue weighted by molar-refractivity contribution is 0.249. The molecule has 2 amide bonds. The summed E-state index contributed by atoms with van der Waals surface area (Å²) >= 11 is 0. The van der Waals surface area contributed by atoms with Crippen molar-refractivity contribution in [3.63, 3.8) is 0 Å². The van der Waals surface area contributed by atoms with Crippen LogP contribution in [0.4, 0.5) is 10.5 Å². The molecular formula is C25H20N4O2. The lowest BCUT2D eigenvalue weighted by Gasteiger charge is -2.16. The minimum atomic E-state index is -0.331. The van der Waals surface area contributed by atoms with E-state index in [0.717, 1.165) is 22.1 Å². The molecule has 3 aromatic carbocycles. The molecule has 6 nitrogen and oxygen atoms in total. The molecule has 0 aliphatic carbocycles. The van der Waals surface area contributed by atoms with Crippen molar-refractivity contribution < 1.29 is 4.79 Å². The van der Waals surface area contributed by atoms with Crippen molar-refractivity contribution in [2.45, 2.75) is 13.0 Å². The Labute approximate surface area is 179 Å². The van der Waals surface area contributed by atoms with Crippen molar-refractivity contribution in [1.82, 2.24) is 10.3 Å². The third kappa shape index (κ3) is 4.46.